The number of halogens is 1. The van der Waals surface area contributed by atoms with Crippen LogP contribution in [0.3, 0.4) is 0 Å². The molecule has 0 spiro atoms. The largest absolute Gasteiger partial charge is 0.494 e. The van der Waals surface area contributed by atoms with Crippen LogP contribution in [0.15, 0.2) is 47.6 Å². The van der Waals surface area contributed by atoms with E-state index >= 15 is 0 Å². The molecule has 2 rings (SSSR count). The Morgan fingerprint density at radius 1 is 1.32 bits per heavy atom. The molecule has 0 fully saturated rings. The van der Waals surface area contributed by atoms with Crippen LogP contribution in [0, 0.1) is 5.82 Å². The van der Waals surface area contributed by atoms with Crippen molar-refractivity contribution < 1.29 is 9.13 Å². The van der Waals surface area contributed by atoms with E-state index in [9.17, 15) is 4.39 Å². The van der Waals surface area contributed by atoms with Gasteiger partial charge < -0.3 is 10.5 Å². The van der Waals surface area contributed by atoms with Crippen molar-refractivity contribution in [2.24, 2.45) is 5.73 Å². The van der Waals surface area contributed by atoms with Crippen LogP contribution in [-0.4, -0.2) is 17.8 Å². The molecule has 1 unspecified atom stereocenters. The molecule has 1 heterocycles. The highest BCUT2D eigenvalue weighted by Crippen LogP contribution is 2.25. The molecule has 0 aliphatic carbocycles. The number of hydrogen-bond acceptors (Lipinski definition) is 4. The Morgan fingerprint density at radius 2 is 2.05 bits per heavy atom. The maximum absolute atomic E-state index is 13.6. The van der Waals surface area contributed by atoms with Crippen molar-refractivity contribution >= 4 is 11.8 Å². The van der Waals surface area contributed by atoms with Crippen molar-refractivity contribution in [3.05, 3.63) is 54.1 Å². The lowest BCUT2D eigenvalue weighted by molar-refractivity contribution is 0.386. The first-order valence-electron chi connectivity index (χ1n) is 5.82. The van der Waals surface area contributed by atoms with Crippen LogP contribution in [0.5, 0.6) is 5.75 Å². The predicted octanol–water partition coefficient (Wildman–Crippen LogP) is 3.02. The third-order valence-corrected chi connectivity index (χ3v) is 3.81. The topological polar surface area (TPSA) is 48.1 Å². The molecule has 1 aromatic heterocycles. The van der Waals surface area contributed by atoms with Crippen molar-refractivity contribution in [2.45, 2.75) is 10.9 Å². The summed E-state index contributed by atoms with van der Waals surface area (Å²) >= 11 is 1.62. The predicted molar refractivity (Wildman–Crippen MR) is 74.8 cm³/mol. The highest BCUT2D eigenvalue weighted by atomic mass is 32.2. The van der Waals surface area contributed by atoms with Gasteiger partial charge in [-0.05, 0) is 29.8 Å². The fourth-order valence-electron chi connectivity index (χ4n) is 1.63. The van der Waals surface area contributed by atoms with Crippen LogP contribution >= 0.6 is 11.8 Å². The molecule has 0 radical (unpaired) electrons. The normalized spacial score (nSPS) is 12.2. The van der Waals surface area contributed by atoms with E-state index in [1.807, 2.05) is 12.1 Å². The molecule has 0 aliphatic heterocycles. The van der Waals surface area contributed by atoms with E-state index < -0.39 is 0 Å². The zero-order valence-electron chi connectivity index (χ0n) is 10.5. The van der Waals surface area contributed by atoms with Crippen molar-refractivity contribution in [2.75, 3.05) is 12.9 Å². The van der Waals surface area contributed by atoms with Crippen LogP contribution < -0.4 is 10.5 Å². The number of nitrogens with two attached hydrogens (primary N) is 1. The summed E-state index contributed by atoms with van der Waals surface area (Å²) < 4.78 is 18.5. The van der Waals surface area contributed by atoms with Gasteiger partial charge in [0.1, 0.15) is 0 Å². The summed E-state index contributed by atoms with van der Waals surface area (Å²) in [6.07, 6.45) is 3.47. The highest BCUT2D eigenvalue weighted by molar-refractivity contribution is 7.99. The molecule has 0 saturated carbocycles. The molecule has 2 N–H and O–H groups in total. The number of pyridine rings is 1. The van der Waals surface area contributed by atoms with Gasteiger partial charge in [0.25, 0.3) is 0 Å². The smallest absolute Gasteiger partial charge is 0.165 e. The number of benzene rings is 1. The molecule has 0 bridgehead atoms. The van der Waals surface area contributed by atoms with Crippen LogP contribution in [0.2, 0.25) is 0 Å². The van der Waals surface area contributed by atoms with E-state index in [0.29, 0.717) is 5.75 Å². The summed E-state index contributed by atoms with van der Waals surface area (Å²) in [5.41, 5.74) is 6.82. The van der Waals surface area contributed by atoms with Crippen LogP contribution in [0.4, 0.5) is 4.39 Å². The van der Waals surface area contributed by atoms with Gasteiger partial charge in [-0.3, -0.25) is 4.98 Å². The van der Waals surface area contributed by atoms with Crippen LogP contribution in [-0.2, 0) is 0 Å². The van der Waals surface area contributed by atoms with E-state index in [2.05, 4.69) is 4.98 Å². The lowest BCUT2D eigenvalue weighted by atomic mass is 10.1. The first-order chi connectivity index (χ1) is 9.20. The Labute approximate surface area is 116 Å². The number of rotatable bonds is 5. The van der Waals surface area contributed by atoms with Gasteiger partial charge in [0.15, 0.2) is 11.6 Å². The minimum atomic E-state index is -0.385. The first kappa shape index (κ1) is 13.8. The minimum absolute atomic E-state index is 0.224. The quantitative estimate of drug-likeness (QED) is 0.854. The molecule has 1 atom stereocenters. The molecular weight excluding hydrogens is 263 g/mol. The summed E-state index contributed by atoms with van der Waals surface area (Å²) in [6, 6.07) is 8.44. The summed E-state index contributed by atoms with van der Waals surface area (Å²) in [6.45, 7) is 0. The van der Waals surface area contributed by atoms with Gasteiger partial charge >= 0.3 is 0 Å². The zero-order valence-corrected chi connectivity index (χ0v) is 11.4. The van der Waals surface area contributed by atoms with Crippen LogP contribution in [0.1, 0.15) is 11.6 Å². The number of thioether (sulfide) groups is 1. The molecule has 19 heavy (non-hydrogen) atoms. The molecule has 0 aliphatic rings. The second kappa shape index (κ2) is 6.54. The second-order valence-corrected chi connectivity index (χ2v) is 5.09. The Morgan fingerprint density at radius 3 is 2.68 bits per heavy atom. The van der Waals surface area contributed by atoms with Gasteiger partial charge in [-0.25, -0.2) is 4.39 Å². The highest BCUT2D eigenvalue weighted by Gasteiger charge is 2.10. The molecule has 100 valence electrons. The summed E-state index contributed by atoms with van der Waals surface area (Å²) in [5, 5.41) is 0. The van der Waals surface area contributed by atoms with E-state index in [1.165, 1.54) is 13.2 Å². The van der Waals surface area contributed by atoms with Crippen molar-refractivity contribution in [3.63, 3.8) is 0 Å². The third-order valence-electron chi connectivity index (χ3n) is 2.68. The summed E-state index contributed by atoms with van der Waals surface area (Å²) in [4.78, 5) is 5.05. The van der Waals surface area contributed by atoms with Crippen molar-refractivity contribution in [3.8, 4) is 5.75 Å². The monoisotopic (exact) mass is 278 g/mol. The summed E-state index contributed by atoms with van der Waals surface area (Å²) in [5.74, 6) is 0.526. The van der Waals surface area contributed by atoms with E-state index in [4.69, 9.17) is 10.5 Å². The average Bonchev–Trinajstić information content (AvgIpc) is 2.45. The molecule has 5 heteroatoms. The molecule has 3 nitrogen and oxygen atoms in total. The second-order valence-electron chi connectivity index (χ2n) is 3.99. The number of hydrogen-bond donors (Lipinski definition) is 1. The fraction of sp³-hybridized carbons (Fsp3) is 0.214. The standard InChI is InChI=1S/C14H15FN2OS/c1-18-14-3-2-10(8-12(14)15)13(16)9-19-11-4-6-17-7-5-11/h2-8,13H,9,16H2,1H3. The maximum Gasteiger partial charge on any atom is 0.165 e. The third kappa shape index (κ3) is 3.68. The molecule has 0 saturated heterocycles. The number of methoxy groups -OCH3 is 1. The van der Waals surface area contributed by atoms with E-state index in [1.54, 1.807) is 36.3 Å². The van der Waals surface area contributed by atoms with Gasteiger partial charge in [-0.1, -0.05) is 6.07 Å². The number of nitrogens with zero attached hydrogens (tertiary/aromatic N) is 1. The lowest BCUT2D eigenvalue weighted by Crippen LogP contribution is -2.13. The zero-order chi connectivity index (χ0) is 13.7. The van der Waals surface area contributed by atoms with Gasteiger partial charge in [-0.15, -0.1) is 11.8 Å². The SMILES string of the molecule is COc1ccc(C(N)CSc2ccncc2)cc1F. The minimum Gasteiger partial charge on any atom is -0.494 e. The maximum atomic E-state index is 13.6. The lowest BCUT2D eigenvalue weighted by Gasteiger charge is -2.12. The van der Waals surface area contributed by atoms with Crippen molar-refractivity contribution in [1.29, 1.82) is 0 Å². The number of aromatic nitrogens is 1. The van der Waals surface area contributed by atoms with Crippen molar-refractivity contribution in [1.82, 2.24) is 4.98 Å². The Hall–Kier alpha value is -1.59. The van der Waals surface area contributed by atoms with Gasteiger partial charge in [-0.2, -0.15) is 0 Å². The number of ether oxygens (including phenoxy) is 1. The molecule has 1 aromatic carbocycles. The van der Waals surface area contributed by atoms with Gasteiger partial charge in [0.05, 0.1) is 7.11 Å². The Bertz CT molecular complexity index is 536. The Kier molecular flexibility index (Phi) is 4.76. The molecular formula is C14H15FN2OS. The molecule has 0 amide bonds. The van der Waals surface area contributed by atoms with E-state index in [-0.39, 0.29) is 17.6 Å². The average molecular weight is 278 g/mol. The Balaban J connectivity index is 2.00. The van der Waals surface area contributed by atoms with Gasteiger partial charge in [0, 0.05) is 29.1 Å². The summed E-state index contributed by atoms with van der Waals surface area (Å²) in [7, 11) is 1.44. The van der Waals surface area contributed by atoms with E-state index in [0.717, 1.165) is 10.5 Å². The van der Waals surface area contributed by atoms with Gasteiger partial charge in [0.2, 0.25) is 0 Å². The fourth-order valence-corrected chi connectivity index (χ4v) is 2.51. The molecule has 2 aromatic rings. The van der Waals surface area contributed by atoms with Crippen LogP contribution in [0.25, 0.3) is 0 Å². The first-order valence-corrected chi connectivity index (χ1v) is 6.81.